The van der Waals surface area contributed by atoms with Crippen LogP contribution in [0.5, 0.6) is 23.1 Å². The highest BCUT2D eigenvalue weighted by Crippen LogP contribution is 2.38. The number of halogens is 1. The van der Waals surface area contributed by atoms with Crippen LogP contribution in [0.2, 0.25) is 0 Å². The molecule has 0 fully saturated rings. The van der Waals surface area contributed by atoms with Gasteiger partial charge >= 0.3 is 0 Å². The molecular formula is C24H25FN2O4. The van der Waals surface area contributed by atoms with E-state index in [4.69, 9.17) is 18.9 Å². The molecule has 4 rings (SSSR count). The van der Waals surface area contributed by atoms with Crippen molar-refractivity contribution in [1.82, 2.24) is 9.88 Å². The van der Waals surface area contributed by atoms with Gasteiger partial charge in [-0.25, -0.2) is 9.37 Å². The van der Waals surface area contributed by atoms with Crippen molar-refractivity contribution < 1.29 is 23.3 Å². The molecule has 1 aromatic heterocycles. The van der Waals surface area contributed by atoms with Gasteiger partial charge in [-0.3, -0.25) is 4.90 Å². The summed E-state index contributed by atoms with van der Waals surface area (Å²) in [5.74, 6) is 2.13. The Bertz CT molecular complexity index is 1070. The Hall–Kier alpha value is -3.32. The summed E-state index contributed by atoms with van der Waals surface area (Å²) in [7, 11) is 4.74. The summed E-state index contributed by atoms with van der Waals surface area (Å²) < 4.78 is 36.5. The third-order valence-corrected chi connectivity index (χ3v) is 5.28. The molecule has 2 heterocycles. The molecule has 2 aromatic carbocycles. The molecule has 0 N–H and O–H groups in total. The molecule has 7 heteroatoms. The summed E-state index contributed by atoms with van der Waals surface area (Å²) in [5, 5.41) is 0. The van der Waals surface area contributed by atoms with Crippen LogP contribution in [0.1, 0.15) is 11.1 Å². The zero-order valence-corrected chi connectivity index (χ0v) is 17.9. The van der Waals surface area contributed by atoms with E-state index in [-0.39, 0.29) is 5.82 Å². The van der Waals surface area contributed by atoms with Crippen LogP contribution < -0.4 is 18.9 Å². The molecule has 6 nitrogen and oxygen atoms in total. The third-order valence-electron chi connectivity index (χ3n) is 5.28. The molecule has 31 heavy (non-hydrogen) atoms. The summed E-state index contributed by atoms with van der Waals surface area (Å²) in [5.41, 5.74) is 3.25. The first-order chi connectivity index (χ1) is 15.1. The van der Waals surface area contributed by atoms with Crippen molar-refractivity contribution in [3.63, 3.8) is 0 Å². The molecule has 0 unspecified atom stereocenters. The second-order valence-corrected chi connectivity index (χ2v) is 7.25. The van der Waals surface area contributed by atoms with E-state index < -0.39 is 0 Å². The van der Waals surface area contributed by atoms with E-state index in [1.54, 1.807) is 32.4 Å². The van der Waals surface area contributed by atoms with E-state index >= 15 is 0 Å². The number of hydrogen-bond acceptors (Lipinski definition) is 6. The molecule has 0 saturated heterocycles. The largest absolute Gasteiger partial charge is 0.497 e. The predicted octanol–water partition coefficient (Wildman–Crippen LogP) is 4.31. The van der Waals surface area contributed by atoms with E-state index in [0.717, 1.165) is 16.8 Å². The van der Waals surface area contributed by atoms with Crippen molar-refractivity contribution in [2.45, 2.75) is 13.1 Å². The fourth-order valence-electron chi connectivity index (χ4n) is 3.69. The number of hydrogen-bond donors (Lipinski definition) is 0. The molecule has 0 aliphatic carbocycles. The van der Waals surface area contributed by atoms with Crippen LogP contribution in [0, 0.1) is 5.82 Å². The molecular weight excluding hydrogens is 399 g/mol. The monoisotopic (exact) mass is 424 g/mol. The lowest BCUT2D eigenvalue weighted by Gasteiger charge is -2.20. The third kappa shape index (κ3) is 4.56. The summed E-state index contributed by atoms with van der Waals surface area (Å²) >= 11 is 0. The lowest BCUT2D eigenvalue weighted by Crippen LogP contribution is -2.25. The summed E-state index contributed by atoms with van der Waals surface area (Å²) in [4.78, 5) is 6.68. The second-order valence-electron chi connectivity index (χ2n) is 7.25. The van der Waals surface area contributed by atoms with Crippen molar-refractivity contribution in [2.24, 2.45) is 0 Å². The molecule has 162 valence electrons. The van der Waals surface area contributed by atoms with Crippen LogP contribution in [0.3, 0.4) is 0 Å². The quantitative estimate of drug-likeness (QED) is 0.588. The van der Waals surface area contributed by atoms with Crippen molar-refractivity contribution in [1.29, 1.82) is 0 Å². The molecule has 1 aliphatic rings. The first-order valence-electron chi connectivity index (χ1n) is 10.0. The lowest BCUT2D eigenvalue weighted by molar-refractivity contribution is 0.215. The average Bonchev–Trinajstić information content (AvgIpc) is 3.01. The summed E-state index contributed by atoms with van der Waals surface area (Å²) in [6.07, 6.45) is 0. The number of fused-ring (bicyclic) bond motifs is 1. The van der Waals surface area contributed by atoms with E-state index in [9.17, 15) is 4.39 Å². The Morgan fingerprint density at radius 2 is 1.90 bits per heavy atom. The average molecular weight is 424 g/mol. The zero-order valence-electron chi connectivity index (χ0n) is 17.9. The van der Waals surface area contributed by atoms with Crippen LogP contribution >= 0.6 is 0 Å². The first kappa shape index (κ1) is 20.9. The molecule has 0 atom stereocenters. The molecule has 0 radical (unpaired) electrons. The van der Waals surface area contributed by atoms with Gasteiger partial charge in [-0.1, -0.05) is 12.1 Å². The van der Waals surface area contributed by atoms with Gasteiger partial charge in [0.15, 0.2) is 11.5 Å². The standard InChI is InChI=1S/C24H25FN2O4/c1-28-19-8-7-16(20(25)13-19)14-27-9-10-31-24-18(15-27)11-17(12-22(24)29-2)21-5-4-6-23(26-21)30-3/h4-8,11-13H,9-10,14-15H2,1-3H3. The maximum absolute atomic E-state index is 14.5. The summed E-state index contributed by atoms with van der Waals surface area (Å²) in [6.45, 7) is 2.20. The molecule has 0 amide bonds. The molecule has 1 aliphatic heterocycles. The van der Waals surface area contributed by atoms with E-state index in [1.807, 2.05) is 24.3 Å². The van der Waals surface area contributed by atoms with Crippen LogP contribution in [0.4, 0.5) is 4.39 Å². The van der Waals surface area contributed by atoms with Crippen LogP contribution in [-0.2, 0) is 13.1 Å². The number of nitrogens with zero attached hydrogens (tertiary/aromatic N) is 2. The Morgan fingerprint density at radius 3 is 2.65 bits per heavy atom. The van der Waals surface area contributed by atoms with Gasteiger partial charge in [0.1, 0.15) is 18.2 Å². The van der Waals surface area contributed by atoms with E-state index in [1.165, 1.54) is 13.2 Å². The molecule has 3 aromatic rings. The number of pyridine rings is 1. The number of methoxy groups -OCH3 is 3. The molecule has 0 spiro atoms. The Kier molecular flexibility index (Phi) is 6.23. The first-order valence-corrected chi connectivity index (χ1v) is 10.0. The van der Waals surface area contributed by atoms with Gasteiger partial charge in [0.05, 0.1) is 27.0 Å². The molecule has 0 bridgehead atoms. The van der Waals surface area contributed by atoms with Gasteiger partial charge in [-0.05, 0) is 24.3 Å². The zero-order chi connectivity index (χ0) is 21.8. The summed E-state index contributed by atoms with van der Waals surface area (Å²) in [6, 6.07) is 14.5. The van der Waals surface area contributed by atoms with Crippen LogP contribution in [0.15, 0.2) is 48.5 Å². The highest BCUT2D eigenvalue weighted by atomic mass is 19.1. The fraction of sp³-hybridized carbons (Fsp3) is 0.292. The highest BCUT2D eigenvalue weighted by Gasteiger charge is 2.22. The van der Waals surface area contributed by atoms with Crippen LogP contribution in [-0.4, -0.2) is 44.4 Å². The normalized spacial score (nSPS) is 13.7. The Labute approximate surface area is 181 Å². The predicted molar refractivity (Wildman–Crippen MR) is 115 cm³/mol. The number of aromatic nitrogens is 1. The highest BCUT2D eigenvalue weighted by molar-refractivity contribution is 5.67. The Morgan fingerprint density at radius 1 is 1.03 bits per heavy atom. The number of benzene rings is 2. The fourth-order valence-corrected chi connectivity index (χ4v) is 3.69. The van der Waals surface area contributed by atoms with Crippen molar-refractivity contribution in [2.75, 3.05) is 34.5 Å². The van der Waals surface area contributed by atoms with Gasteiger partial charge in [0.2, 0.25) is 5.88 Å². The minimum Gasteiger partial charge on any atom is -0.497 e. The topological polar surface area (TPSA) is 53.1 Å². The van der Waals surface area contributed by atoms with Gasteiger partial charge in [-0.2, -0.15) is 0 Å². The second kappa shape index (κ2) is 9.22. The molecule has 0 saturated carbocycles. The smallest absolute Gasteiger partial charge is 0.213 e. The lowest BCUT2D eigenvalue weighted by atomic mass is 10.0. The Balaban J connectivity index is 1.65. The number of ether oxygens (including phenoxy) is 4. The maximum Gasteiger partial charge on any atom is 0.213 e. The minimum absolute atomic E-state index is 0.281. The number of rotatable bonds is 6. The minimum atomic E-state index is -0.281. The van der Waals surface area contributed by atoms with Crippen molar-refractivity contribution in [3.05, 3.63) is 65.5 Å². The SMILES string of the molecule is COc1ccc(CN2CCOc3c(cc(-c4cccc(OC)n4)cc3OC)C2)c(F)c1. The van der Waals surface area contributed by atoms with Crippen LogP contribution in [0.25, 0.3) is 11.3 Å². The van der Waals surface area contributed by atoms with Gasteiger partial charge in [0.25, 0.3) is 0 Å². The van der Waals surface area contributed by atoms with Crippen molar-refractivity contribution >= 4 is 0 Å². The van der Waals surface area contributed by atoms with E-state index in [2.05, 4.69) is 9.88 Å². The van der Waals surface area contributed by atoms with E-state index in [0.29, 0.717) is 54.9 Å². The van der Waals surface area contributed by atoms with Gasteiger partial charge < -0.3 is 18.9 Å². The van der Waals surface area contributed by atoms with Crippen molar-refractivity contribution in [3.8, 4) is 34.4 Å². The van der Waals surface area contributed by atoms with Gasteiger partial charge in [0, 0.05) is 48.5 Å². The maximum atomic E-state index is 14.5. The van der Waals surface area contributed by atoms with Gasteiger partial charge in [-0.15, -0.1) is 0 Å².